The van der Waals surface area contributed by atoms with E-state index in [2.05, 4.69) is 10.2 Å². The monoisotopic (exact) mass is 222 g/mol. The van der Waals surface area contributed by atoms with Crippen molar-refractivity contribution in [3.05, 3.63) is 47.0 Å². The van der Waals surface area contributed by atoms with Crippen molar-refractivity contribution in [3.63, 3.8) is 0 Å². The first-order valence-electron chi connectivity index (χ1n) is 4.43. The molecule has 0 atom stereocenters. The van der Waals surface area contributed by atoms with Crippen molar-refractivity contribution in [1.29, 1.82) is 0 Å². The Morgan fingerprint density at radius 1 is 1.13 bits per heavy atom. The highest BCUT2D eigenvalue weighted by atomic mass is 35.5. The zero-order valence-corrected chi connectivity index (χ0v) is 8.79. The molecule has 1 aromatic heterocycles. The molecule has 2 nitrogen and oxygen atoms in total. The third kappa shape index (κ3) is 1.97. The largest absolute Gasteiger partial charge is 0.206 e. The maximum Gasteiger partial charge on any atom is 0.152 e. The third-order valence-corrected chi connectivity index (χ3v) is 2.30. The zero-order valence-electron chi connectivity index (χ0n) is 8.04. The topological polar surface area (TPSA) is 25.8 Å². The van der Waals surface area contributed by atoms with Crippen LogP contribution in [0.4, 0.5) is 4.39 Å². The Bertz CT molecular complexity index is 500. The summed E-state index contributed by atoms with van der Waals surface area (Å²) in [7, 11) is 0. The molecule has 0 spiro atoms. The van der Waals surface area contributed by atoms with Crippen molar-refractivity contribution >= 4 is 11.6 Å². The summed E-state index contributed by atoms with van der Waals surface area (Å²) in [5.41, 5.74) is 1.82. The van der Waals surface area contributed by atoms with Crippen molar-refractivity contribution in [2.45, 2.75) is 6.92 Å². The average Bonchev–Trinajstić information content (AvgIpc) is 2.23. The van der Waals surface area contributed by atoms with Gasteiger partial charge >= 0.3 is 0 Å². The fourth-order valence-electron chi connectivity index (χ4n) is 1.38. The molecule has 0 bridgehead atoms. The molecule has 0 unspecified atom stereocenters. The molecule has 0 fully saturated rings. The van der Waals surface area contributed by atoms with Gasteiger partial charge in [0.25, 0.3) is 0 Å². The highest BCUT2D eigenvalue weighted by Crippen LogP contribution is 2.25. The minimum absolute atomic E-state index is 0.263. The fourth-order valence-corrected chi connectivity index (χ4v) is 1.53. The van der Waals surface area contributed by atoms with Gasteiger partial charge in [-0.2, -0.15) is 5.10 Å². The van der Waals surface area contributed by atoms with Gasteiger partial charge in [0, 0.05) is 11.1 Å². The van der Waals surface area contributed by atoms with Crippen LogP contribution in [0.1, 0.15) is 5.69 Å². The molecule has 0 saturated carbocycles. The van der Waals surface area contributed by atoms with Gasteiger partial charge in [0.1, 0.15) is 5.82 Å². The SMILES string of the molecule is Cc1nnc(Cl)cc1-c1ccccc1F. The van der Waals surface area contributed by atoms with Crippen LogP contribution in [0.2, 0.25) is 5.15 Å². The average molecular weight is 223 g/mol. The van der Waals surface area contributed by atoms with E-state index in [1.54, 1.807) is 31.2 Å². The predicted octanol–water partition coefficient (Wildman–Crippen LogP) is 3.24. The summed E-state index contributed by atoms with van der Waals surface area (Å²) in [6.07, 6.45) is 0. The second kappa shape index (κ2) is 3.95. The van der Waals surface area contributed by atoms with Gasteiger partial charge in [-0.1, -0.05) is 29.8 Å². The van der Waals surface area contributed by atoms with Crippen LogP contribution in [0.3, 0.4) is 0 Å². The van der Waals surface area contributed by atoms with Crippen molar-refractivity contribution in [3.8, 4) is 11.1 Å². The number of nitrogens with zero attached hydrogens (tertiary/aromatic N) is 2. The molecule has 0 amide bonds. The summed E-state index contributed by atoms with van der Waals surface area (Å²) < 4.78 is 13.5. The van der Waals surface area contributed by atoms with Crippen LogP contribution in [0.15, 0.2) is 30.3 Å². The van der Waals surface area contributed by atoms with E-state index in [0.29, 0.717) is 16.8 Å². The van der Waals surface area contributed by atoms with E-state index in [4.69, 9.17) is 11.6 Å². The Morgan fingerprint density at radius 3 is 2.60 bits per heavy atom. The Morgan fingerprint density at radius 2 is 1.87 bits per heavy atom. The lowest BCUT2D eigenvalue weighted by Crippen LogP contribution is -1.93. The maximum atomic E-state index is 13.5. The van der Waals surface area contributed by atoms with Gasteiger partial charge in [-0.05, 0) is 19.1 Å². The highest BCUT2D eigenvalue weighted by Gasteiger charge is 2.08. The molecule has 0 saturated heterocycles. The molecule has 0 N–H and O–H groups in total. The molecule has 15 heavy (non-hydrogen) atoms. The molecular formula is C11H8ClFN2. The zero-order chi connectivity index (χ0) is 10.8. The normalized spacial score (nSPS) is 10.3. The van der Waals surface area contributed by atoms with E-state index in [1.165, 1.54) is 6.07 Å². The first-order valence-corrected chi connectivity index (χ1v) is 4.81. The first kappa shape index (κ1) is 10.1. The second-order valence-corrected chi connectivity index (χ2v) is 3.53. The van der Waals surface area contributed by atoms with E-state index in [0.717, 1.165) is 0 Å². The van der Waals surface area contributed by atoms with Crippen molar-refractivity contribution in [2.24, 2.45) is 0 Å². The van der Waals surface area contributed by atoms with Gasteiger partial charge < -0.3 is 0 Å². The van der Waals surface area contributed by atoms with Crippen molar-refractivity contribution in [1.82, 2.24) is 10.2 Å². The Balaban J connectivity index is 2.64. The number of benzene rings is 1. The summed E-state index contributed by atoms with van der Waals surface area (Å²) in [6, 6.07) is 8.12. The van der Waals surface area contributed by atoms with E-state index in [1.807, 2.05) is 0 Å². The van der Waals surface area contributed by atoms with Gasteiger partial charge in [0.15, 0.2) is 5.15 Å². The summed E-state index contributed by atoms with van der Waals surface area (Å²) in [5, 5.41) is 7.80. The van der Waals surface area contributed by atoms with Gasteiger partial charge in [0.05, 0.1) is 5.69 Å². The smallest absolute Gasteiger partial charge is 0.152 e. The minimum atomic E-state index is -0.287. The molecule has 0 radical (unpaired) electrons. The summed E-state index contributed by atoms with van der Waals surface area (Å²) >= 11 is 5.72. The van der Waals surface area contributed by atoms with Crippen LogP contribution in [-0.2, 0) is 0 Å². The van der Waals surface area contributed by atoms with E-state index < -0.39 is 0 Å². The molecule has 4 heteroatoms. The molecule has 2 rings (SSSR count). The molecule has 1 heterocycles. The Labute approximate surface area is 91.7 Å². The van der Waals surface area contributed by atoms with Crippen molar-refractivity contribution in [2.75, 3.05) is 0 Å². The fraction of sp³-hybridized carbons (Fsp3) is 0.0909. The lowest BCUT2D eigenvalue weighted by Gasteiger charge is -2.05. The van der Waals surface area contributed by atoms with Gasteiger partial charge in [-0.3, -0.25) is 0 Å². The molecular weight excluding hydrogens is 215 g/mol. The molecule has 0 aliphatic carbocycles. The minimum Gasteiger partial charge on any atom is -0.206 e. The van der Waals surface area contributed by atoms with Gasteiger partial charge in [0.2, 0.25) is 0 Å². The van der Waals surface area contributed by atoms with E-state index in [9.17, 15) is 4.39 Å². The maximum absolute atomic E-state index is 13.5. The Kier molecular flexibility index (Phi) is 2.64. The lowest BCUT2D eigenvalue weighted by molar-refractivity contribution is 0.631. The summed E-state index contributed by atoms with van der Waals surface area (Å²) in [4.78, 5) is 0. The van der Waals surface area contributed by atoms with Crippen LogP contribution >= 0.6 is 11.6 Å². The van der Waals surface area contributed by atoms with Crippen LogP contribution in [0.25, 0.3) is 11.1 Å². The van der Waals surface area contributed by atoms with Crippen LogP contribution in [-0.4, -0.2) is 10.2 Å². The highest BCUT2D eigenvalue weighted by molar-refractivity contribution is 6.29. The van der Waals surface area contributed by atoms with Gasteiger partial charge in [-0.25, -0.2) is 4.39 Å². The summed E-state index contributed by atoms with van der Waals surface area (Å²) in [6.45, 7) is 1.77. The predicted molar refractivity (Wildman–Crippen MR) is 57.2 cm³/mol. The molecule has 0 aliphatic heterocycles. The number of rotatable bonds is 1. The third-order valence-electron chi connectivity index (χ3n) is 2.11. The number of hydrogen-bond acceptors (Lipinski definition) is 2. The number of hydrogen-bond donors (Lipinski definition) is 0. The number of aromatic nitrogens is 2. The van der Waals surface area contributed by atoms with Crippen LogP contribution < -0.4 is 0 Å². The van der Waals surface area contributed by atoms with Crippen LogP contribution in [0, 0.1) is 12.7 Å². The first-order chi connectivity index (χ1) is 7.18. The van der Waals surface area contributed by atoms with Gasteiger partial charge in [-0.15, -0.1) is 5.10 Å². The van der Waals surface area contributed by atoms with E-state index in [-0.39, 0.29) is 11.0 Å². The quantitative estimate of drug-likeness (QED) is 0.740. The van der Waals surface area contributed by atoms with E-state index >= 15 is 0 Å². The lowest BCUT2D eigenvalue weighted by atomic mass is 10.1. The second-order valence-electron chi connectivity index (χ2n) is 3.15. The van der Waals surface area contributed by atoms with Crippen molar-refractivity contribution < 1.29 is 4.39 Å². The molecule has 76 valence electrons. The Hall–Kier alpha value is -1.48. The molecule has 1 aromatic carbocycles. The number of halogens is 2. The molecule has 0 aliphatic rings. The molecule has 2 aromatic rings. The summed E-state index contributed by atoms with van der Waals surface area (Å²) in [5.74, 6) is -0.287. The standard InChI is InChI=1S/C11H8ClFN2/c1-7-9(6-11(12)15-14-7)8-4-2-3-5-10(8)13/h2-6H,1H3. The number of aryl methyl sites for hydroxylation is 1. The van der Waals surface area contributed by atoms with Crippen LogP contribution in [0.5, 0.6) is 0 Å².